The van der Waals surface area contributed by atoms with Crippen molar-refractivity contribution in [3.63, 3.8) is 0 Å². The molecule has 3 atom stereocenters. The van der Waals surface area contributed by atoms with Crippen LogP contribution in [-0.4, -0.2) is 17.3 Å². The molecule has 3 aromatic carbocycles. The minimum atomic E-state index is -0.140. The second-order valence-electron chi connectivity index (χ2n) is 9.45. The number of furan rings is 1. The minimum absolute atomic E-state index is 0.0208. The summed E-state index contributed by atoms with van der Waals surface area (Å²) in [6.07, 6.45) is 7.42. The first-order valence-electron chi connectivity index (χ1n) is 12.0. The second-order valence-corrected chi connectivity index (χ2v) is 9.45. The van der Waals surface area contributed by atoms with E-state index in [1.807, 2.05) is 11.1 Å². The summed E-state index contributed by atoms with van der Waals surface area (Å²) < 4.78 is 12.9. The first kappa shape index (κ1) is 21.2. The molecule has 6 rings (SSSR count). The molecule has 0 amide bonds. The van der Waals surface area contributed by atoms with Crippen molar-refractivity contribution in [1.29, 1.82) is 0 Å². The number of rotatable bonds is 1. The Morgan fingerprint density at radius 1 is 0.853 bits per heavy atom. The highest BCUT2D eigenvalue weighted by molar-refractivity contribution is 6.07. The molecule has 4 nitrogen and oxygen atoms in total. The van der Waals surface area contributed by atoms with Crippen molar-refractivity contribution in [2.24, 2.45) is 0 Å². The van der Waals surface area contributed by atoms with E-state index in [1.54, 1.807) is 0 Å². The van der Waals surface area contributed by atoms with E-state index in [9.17, 15) is 0 Å². The van der Waals surface area contributed by atoms with Crippen LogP contribution in [0.15, 0.2) is 83.4 Å². The van der Waals surface area contributed by atoms with Crippen molar-refractivity contribution in [3.8, 4) is 0 Å². The number of hydroxylamine groups is 2. The minimum Gasteiger partial charge on any atom is -0.455 e. The van der Waals surface area contributed by atoms with Gasteiger partial charge in [0.2, 0.25) is 0 Å². The molecule has 0 N–H and O–H groups in total. The fourth-order valence-corrected chi connectivity index (χ4v) is 5.21. The Morgan fingerprint density at radius 3 is 2.53 bits per heavy atom. The molecular formula is C30H29NO3. The summed E-state index contributed by atoms with van der Waals surface area (Å²) >= 11 is 0. The fraction of sp³-hybridized carbons (Fsp3) is 0.267. The smallest absolute Gasteiger partial charge is 0.141 e. The van der Waals surface area contributed by atoms with Crippen molar-refractivity contribution >= 4 is 27.5 Å². The maximum atomic E-state index is 6.60. The summed E-state index contributed by atoms with van der Waals surface area (Å²) in [6.45, 7) is 6.86. The zero-order chi connectivity index (χ0) is 23.2. The van der Waals surface area contributed by atoms with Crippen LogP contribution < -0.4 is 0 Å². The maximum Gasteiger partial charge on any atom is 0.141 e. The number of para-hydroxylation sites is 1. The maximum absolute atomic E-state index is 6.60. The number of ether oxygens (including phenoxy) is 1. The first-order chi connectivity index (χ1) is 16.6. The fourth-order valence-electron chi connectivity index (χ4n) is 5.21. The SMILES string of the molecule is Cc1cccc2c1oc1c3c(ccc12)COC(C)CC(C)ON1C=CC(c2ccccc2)=CC31. The van der Waals surface area contributed by atoms with Gasteiger partial charge in [-0.25, -0.2) is 5.06 Å². The van der Waals surface area contributed by atoms with Crippen molar-refractivity contribution in [2.45, 2.75) is 52.0 Å². The Bertz CT molecular complexity index is 1420. The second kappa shape index (κ2) is 8.46. The lowest BCUT2D eigenvalue weighted by atomic mass is 9.92. The third kappa shape index (κ3) is 3.64. The van der Waals surface area contributed by atoms with Gasteiger partial charge in [-0.3, -0.25) is 4.84 Å². The van der Waals surface area contributed by atoms with Crippen LogP contribution >= 0.6 is 0 Å². The molecule has 2 aliphatic heterocycles. The first-order valence-corrected chi connectivity index (χ1v) is 12.0. The lowest BCUT2D eigenvalue weighted by molar-refractivity contribution is -0.187. The quantitative estimate of drug-likeness (QED) is 0.300. The van der Waals surface area contributed by atoms with Crippen molar-refractivity contribution < 1.29 is 14.0 Å². The van der Waals surface area contributed by atoms with Gasteiger partial charge in [0.25, 0.3) is 0 Å². The molecule has 2 aliphatic rings. The van der Waals surface area contributed by atoms with Gasteiger partial charge in [0.1, 0.15) is 17.2 Å². The molecule has 3 unspecified atom stereocenters. The van der Waals surface area contributed by atoms with Gasteiger partial charge in [-0.15, -0.1) is 0 Å². The van der Waals surface area contributed by atoms with Crippen molar-refractivity contribution in [3.05, 3.63) is 101 Å². The molecule has 0 bridgehead atoms. The summed E-state index contributed by atoms with van der Waals surface area (Å²) in [5.74, 6) is 0. The third-order valence-corrected chi connectivity index (χ3v) is 6.90. The van der Waals surface area contributed by atoms with Crippen LogP contribution in [0.5, 0.6) is 0 Å². The summed E-state index contributed by atoms with van der Waals surface area (Å²) in [5.41, 5.74) is 7.57. The molecule has 0 aliphatic carbocycles. The van der Waals surface area contributed by atoms with Crippen LogP contribution in [0.1, 0.15) is 48.6 Å². The monoisotopic (exact) mass is 451 g/mol. The number of hydrogen-bond donors (Lipinski definition) is 0. The average molecular weight is 452 g/mol. The number of hydrogen-bond acceptors (Lipinski definition) is 4. The Balaban J connectivity index is 1.61. The van der Waals surface area contributed by atoms with Crippen molar-refractivity contribution in [2.75, 3.05) is 0 Å². The van der Waals surface area contributed by atoms with Gasteiger partial charge in [-0.05, 0) is 55.2 Å². The highest BCUT2D eigenvalue weighted by Gasteiger charge is 2.30. The van der Waals surface area contributed by atoms with E-state index in [0.717, 1.165) is 45.0 Å². The van der Waals surface area contributed by atoms with Gasteiger partial charge in [0.15, 0.2) is 0 Å². The van der Waals surface area contributed by atoms with Crippen LogP contribution in [0.25, 0.3) is 27.5 Å². The number of aryl methyl sites for hydroxylation is 1. The number of benzene rings is 3. The predicted molar refractivity (Wildman–Crippen MR) is 136 cm³/mol. The van der Waals surface area contributed by atoms with Gasteiger partial charge in [-0.1, -0.05) is 60.7 Å². The molecule has 4 aromatic rings. The zero-order valence-electron chi connectivity index (χ0n) is 19.8. The molecule has 0 radical (unpaired) electrons. The number of allylic oxidation sites excluding steroid dienone is 2. The lowest BCUT2D eigenvalue weighted by Crippen LogP contribution is -2.32. The van der Waals surface area contributed by atoms with Crippen LogP contribution in [0, 0.1) is 6.92 Å². The zero-order valence-corrected chi connectivity index (χ0v) is 19.8. The Labute approximate surface area is 200 Å². The van der Waals surface area contributed by atoms with E-state index in [4.69, 9.17) is 14.0 Å². The molecule has 172 valence electrons. The van der Waals surface area contributed by atoms with E-state index in [0.29, 0.717) is 6.61 Å². The van der Waals surface area contributed by atoms with Gasteiger partial charge < -0.3 is 9.15 Å². The van der Waals surface area contributed by atoms with Gasteiger partial charge in [0, 0.05) is 29.0 Å². The Morgan fingerprint density at radius 2 is 1.68 bits per heavy atom. The molecule has 0 saturated heterocycles. The number of nitrogens with zero attached hydrogens (tertiary/aromatic N) is 1. The summed E-state index contributed by atoms with van der Waals surface area (Å²) in [7, 11) is 0. The van der Waals surface area contributed by atoms with Gasteiger partial charge in [0.05, 0.1) is 18.8 Å². The molecule has 3 heterocycles. The average Bonchev–Trinajstić information content (AvgIpc) is 3.23. The molecule has 0 spiro atoms. The summed E-state index contributed by atoms with van der Waals surface area (Å²) in [4.78, 5) is 6.47. The molecular weight excluding hydrogens is 422 g/mol. The summed E-state index contributed by atoms with van der Waals surface area (Å²) in [6, 6.07) is 21.1. The van der Waals surface area contributed by atoms with E-state index >= 15 is 0 Å². The molecule has 0 fully saturated rings. The van der Waals surface area contributed by atoms with Crippen LogP contribution in [0.3, 0.4) is 0 Å². The molecule has 34 heavy (non-hydrogen) atoms. The van der Waals surface area contributed by atoms with E-state index < -0.39 is 0 Å². The van der Waals surface area contributed by atoms with Crippen LogP contribution in [-0.2, 0) is 16.2 Å². The van der Waals surface area contributed by atoms with Gasteiger partial charge in [-0.2, -0.15) is 0 Å². The van der Waals surface area contributed by atoms with Gasteiger partial charge >= 0.3 is 0 Å². The number of fused-ring (bicyclic) bond motifs is 7. The topological polar surface area (TPSA) is 34.8 Å². The Kier molecular flexibility index (Phi) is 5.28. The summed E-state index contributed by atoms with van der Waals surface area (Å²) in [5, 5.41) is 4.26. The molecule has 1 aromatic heterocycles. The Hall–Kier alpha value is -3.34. The standard InChI is InChI=1S/C30H29NO3/c1-19-8-7-11-25-26-13-12-24-18-32-20(2)16-21(3)34-31-15-14-23(22-9-5-4-6-10-22)17-27(31)28(24)30(26)33-29(19)25/h4-15,17,20-21,27H,16,18H2,1-3H3. The van der Waals surface area contributed by atoms with E-state index in [1.165, 1.54) is 11.1 Å². The molecule has 0 saturated carbocycles. The van der Waals surface area contributed by atoms with E-state index in [2.05, 4.69) is 93.7 Å². The van der Waals surface area contributed by atoms with E-state index in [-0.39, 0.29) is 18.2 Å². The largest absolute Gasteiger partial charge is 0.455 e. The lowest BCUT2D eigenvalue weighted by Gasteiger charge is -2.36. The normalized spacial score (nSPS) is 23.0. The van der Waals surface area contributed by atoms with Crippen LogP contribution in [0.2, 0.25) is 0 Å². The highest BCUT2D eigenvalue weighted by atomic mass is 16.7. The third-order valence-electron chi connectivity index (χ3n) is 6.90. The predicted octanol–water partition coefficient (Wildman–Crippen LogP) is 7.48. The molecule has 4 heteroatoms. The van der Waals surface area contributed by atoms with Crippen molar-refractivity contribution in [1.82, 2.24) is 5.06 Å². The van der Waals surface area contributed by atoms with Crippen LogP contribution in [0.4, 0.5) is 0 Å². The highest BCUT2D eigenvalue weighted by Crippen LogP contribution is 2.42.